The minimum absolute atomic E-state index is 0.0915. The molecule has 25 heavy (non-hydrogen) atoms. The smallest absolute Gasteiger partial charge is 0.319 e. The van der Waals surface area contributed by atoms with Gasteiger partial charge in [-0.3, -0.25) is 0 Å². The molecule has 4 heteroatoms. The molecule has 1 aliphatic heterocycles. The van der Waals surface area contributed by atoms with E-state index in [0.717, 1.165) is 31.5 Å². The van der Waals surface area contributed by atoms with Crippen LogP contribution in [0.15, 0.2) is 48.5 Å². The number of anilines is 3. The standard InChI is InChI=1S/C21H25N3O/c25-21(22-17-7-2-1-3-8-17)23-18-10-12-19(13-11-18)24-15-14-16-6-4-5-9-20(16)24/h4-6,9-13,17H,1-3,7-8,14-15H2,(H2,22,23,25). The van der Waals surface area contributed by atoms with Crippen molar-refractivity contribution in [1.82, 2.24) is 5.32 Å². The number of carbonyl (C=O) groups excluding carboxylic acids is 1. The number of benzene rings is 2. The van der Waals surface area contributed by atoms with Crippen LogP contribution in [0.5, 0.6) is 0 Å². The summed E-state index contributed by atoms with van der Waals surface area (Å²) in [6.45, 7) is 1.01. The van der Waals surface area contributed by atoms with Crippen LogP contribution in [0.3, 0.4) is 0 Å². The third-order valence-corrected chi connectivity index (χ3v) is 5.26. The van der Waals surface area contributed by atoms with Crippen LogP contribution in [0, 0.1) is 0 Å². The zero-order chi connectivity index (χ0) is 17.1. The van der Waals surface area contributed by atoms with Crippen molar-refractivity contribution in [3.05, 3.63) is 54.1 Å². The molecule has 1 saturated carbocycles. The molecular formula is C21H25N3O. The molecule has 1 fully saturated rings. The number of nitrogens with one attached hydrogen (secondary N) is 2. The van der Waals surface area contributed by atoms with Crippen molar-refractivity contribution in [3.63, 3.8) is 0 Å². The van der Waals surface area contributed by atoms with E-state index >= 15 is 0 Å². The number of carbonyl (C=O) groups is 1. The Morgan fingerprint density at radius 3 is 2.52 bits per heavy atom. The molecule has 0 atom stereocenters. The van der Waals surface area contributed by atoms with Crippen LogP contribution < -0.4 is 15.5 Å². The average molecular weight is 335 g/mol. The maximum Gasteiger partial charge on any atom is 0.319 e. The number of para-hydroxylation sites is 1. The van der Waals surface area contributed by atoms with Gasteiger partial charge < -0.3 is 15.5 Å². The first-order valence-electron chi connectivity index (χ1n) is 9.33. The summed E-state index contributed by atoms with van der Waals surface area (Å²) in [5.74, 6) is 0. The van der Waals surface area contributed by atoms with E-state index in [1.54, 1.807) is 0 Å². The summed E-state index contributed by atoms with van der Waals surface area (Å²) < 4.78 is 0. The Balaban J connectivity index is 1.38. The van der Waals surface area contributed by atoms with Gasteiger partial charge in [-0.25, -0.2) is 4.79 Å². The molecule has 1 heterocycles. The maximum atomic E-state index is 12.2. The van der Waals surface area contributed by atoms with Crippen molar-refractivity contribution in [3.8, 4) is 0 Å². The number of amides is 2. The van der Waals surface area contributed by atoms with Crippen LogP contribution >= 0.6 is 0 Å². The fourth-order valence-corrected chi connectivity index (χ4v) is 3.93. The lowest BCUT2D eigenvalue weighted by Gasteiger charge is -2.23. The van der Waals surface area contributed by atoms with Gasteiger partial charge in [0, 0.05) is 29.6 Å². The first-order valence-corrected chi connectivity index (χ1v) is 9.33. The van der Waals surface area contributed by atoms with Gasteiger partial charge in [0.15, 0.2) is 0 Å². The van der Waals surface area contributed by atoms with Gasteiger partial charge in [0.05, 0.1) is 0 Å². The Kier molecular flexibility index (Phi) is 4.59. The number of fused-ring (bicyclic) bond motifs is 1. The summed E-state index contributed by atoms with van der Waals surface area (Å²) in [4.78, 5) is 14.5. The number of urea groups is 1. The highest BCUT2D eigenvalue weighted by atomic mass is 16.2. The molecule has 130 valence electrons. The Hall–Kier alpha value is -2.49. The average Bonchev–Trinajstić information content (AvgIpc) is 3.07. The van der Waals surface area contributed by atoms with Crippen LogP contribution in [0.25, 0.3) is 0 Å². The predicted molar refractivity (Wildman–Crippen MR) is 103 cm³/mol. The Morgan fingerprint density at radius 1 is 0.960 bits per heavy atom. The summed E-state index contributed by atoms with van der Waals surface area (Å²) >= 11 is 0. The second-order valence-electron chi connectivity index (χ2n) is 7.01. The molecule has 2 aliphatic rings. The van der Waals surface area contributed by atoms with Gasteiger partial charge in [-0.1, -0.05) is 37.5 Å². The molecule has 2 aromatic carbocycles. The van der Waals surface area contributed by atoms with E-state index < -0.39 is 0 Å². The van der Waals surface area contributed by atoms with E-state index in [1.165, 1.54) is 36.2 Å². The highest BCUT2D eigenvalue weighted by molar-refractivity contribution is 5.89. The molecule has 0 bridgehead atoms. The zero-order valence-corrected chi connectivity index (χ0v) is 14.5. The third kappa shape index (κ3) is 3.63. The fourth-order valence-electron chi connectivity index (χ4n) is 3.93. The minimum atomic E-state index is -0.0915. The Bertz CT molecular complexity index is 735. The lowest BCUT2D eigenvalue weighted by molar-refractivity contribution is 0.244. The molecular weight excluding hydrogens is 310 g/mol. The monoisotopic (exact) mass is 335 g/mol. The molecule has 0 aromatic heterocycles. The predicted octanol–water partition coefficient (Wildman–Crippen LogP) is 4.84. The summed E-state index contributed by atoms with van der Waals surface area (Å²) in [6, 6.07) is 16.9. The number of nitrogens with zero attached hydrogens (tertiary/aromatic N) is 1. The molecule has 0 radical (unpaired) electrons. The maximum absolute atomic E-state index is 12.2. The second kappa shape index (κ2) is 7.18. The van der Waals surface area contributed by atoms with Gasteiger partial charge in [-0.15, -0.1) is 0 Å². The molecule has 1 aliphatic carbocycles. The van der Waals surface area contributed by atoms with Gasteiger partial charge in [0.25, 0.3) is 0 Å². The number of hydrogen-bond acceptors (Lipinski definition) is 2. The van der Waals surface area contributed by atoms with Crippen molar-refractivity contribution < 1.29 is 4.79 Å². The molecule has 2 amide bonds. The van der Waals surface area contributed by atoms with Crippen LogP contribution in [0.2, 0.25) is 0 Å². The van der Waals surface area contributed by atoms with E-state index in [0.29, 0.717) is 6.04 Å². The van der Waals surface area contributed by atoms with Crippen LogP contribution in [0.1, 0.15) is 37.7 Å². The summed E-state index contributed by atoms with van der Waals surface area (Å²) in [5.41, 5.74) is 4.70. The normalized spacial score (nSPS) is 17.2. The quantitative estimate of drug-likeness (QED) is 0.843. The first-order chi connectivity index (χ1) is 12.3. The highest BCUT2D eigenvalue weighted by Crippen LogP contribution is 2.34. The highest BCUT2D eigenvalue weighted by Gasteiger charge is 2.20. The lowest BCUT2D eigenvalue weighted by atomic mass is 9.96. The summed E-state index contributed by atoms with van der Waals surface area (Å²) in [6.07, 6.45) is 7.01. The molecule has 4 nitrogen and oxygen atoms in total. The van der Waals surface area contributed by atoms with Crippen LogP contribution in [-0.4, -0.2) is 18.6 Å². The van der Waals surface area contributed by atoms with E-state index in [1.807, 2.05) is 12.1 Å². The van der Waals surface area contributed by atoms with Crippen LogP contribution in [0.4, 0.5) is 21.9 Å². The first kappa shape index (κ1) is 16.0. The number of rotatable bonds is 3. The van der Waals surface area contributed by atoms with Crippen molar-refractivity contribution in [2.45, 2.75) is 44.6 Å². The topological polar surface area (TPSA) is 44.4 Å². The third-order valence-electron chi connectivity index (χ3n) is 5.26. The minimum Gasteiger partial charge on any atom is -0.341 e. The van der Waals surface area contributed by atoms with Crippen molar-refractivity contribution in [2.24, 2.45) is 0 Å². The molecule has 4 rings (SSSR count). The zero-order valence-electron chi connectivity index (χ0n) is 14.5. The second-order valence-corrected chi connectivity index (χ2v) is 7.01. The largest absolute Gasteiger partial charge is 0.341 e. The summed E-state index contributed by atoms with van der Waals surface area (Å²) in [7, 11) is 0. The fraction of sp³-hybridized carbons (Fsp3) is 0.381. The Labute approximate surface area is 149 Å². The molecule has 0 spiro atoms. The Morgan fingerprint density at radius 2 is 1.72 bits per heavy atom. The van der Waals surface area contributed by atoms with Crippen LogP contribution in [-0.2, 0) is 6.42 Å². The van der Waals surface area contributed by atoms with Gasteiger partial charge in [0.2, 0.25) is 0 Å². The van der Waals surface area contributed by atoms with E-state index in [9.17, 15) is 4.79 Å². The van der Waals surface area contributed by atoms with Crippen molar-refractivity contribution in [2.75, 3.05) is 16.8 Å². The van der Waals surface area contributed by atoms with Crippen molar-refractivity contribution >= 4 is 23.1 Å². The van der Waals surface area contributed by atoms with Gasteiger partial charge in [-0.05, 0) is 55.2 Å². The van der Waals surface area contributed by atoms with Gasteiger partial charge in [0.1, 0.15) is 0 Å². The van der Waals surface area contributed by atoms with Crippen molar-refractivity contribution in [1.29, 1.82) is 0 Å². The SMILES string of the molecule is O=C(Nc1ccc(N2CCc3ccccc32)cc1)NC1CCCCC1. The van der Waals surface area contributed by atoms with E-state index in [-0.39, 0.29) is 6.03 Å². The lowest BCUT2D eigenvalue weighted by Crippen LogP contribution is -2.39. The molecule has 2 aromatic rings. The van der Waals surface area contributed by atoms with E-state index in [2.05, 4.69) is 51.9 Å². The summed E-state index contributed by atoms with van der Waals surface area (Å²) in [5, 5.41) is 6.05. The number of hydrogen-bond donors (Lipinski definition) is 2. The van der Waals surface area contributed by atoms with Gasteiger partial charge in [-0.2, -0.15) is 0 Å². The van der Waals surface area contributed by atoms with E-state index in [4.69, 9.17) is 0 Å². The van der Waals surface area contributed by atoms with Gasteiger partial charge >= 0.3 is 6.03 Å². The molecule has 2 N–H and O–H groups in total. The molecule has 0 saturated heterocycles. The molecule has 0 unspecified atom stereocenters.